The number of halogens is 1. The van der Waals surface area contributed by atoms with Gasteiger partial charge in [-0.2, -0.15) is 4.39 Å². The first-order valence-electron chi connectivity index (χ1n) is 5.05. The summed E-state index contributed by atoms with van der Waals surface area (Å²) in [6, 6.07) is 4.11. The van der Waals surface area contributed by atoms with Gasteiger partial charge in [-0.15, -0.1) is 0 Å². The van der Waals surface area contributed by atoms with E-state index in [1.807, 2.05) is 0 Å². The fraction of sp³-hybridized carbons (Fsp3) is 0.167. The van der Waals surface area contributed by atoms with Gasteiger partial charge in [-0.25, -0.2) is 0 Å². The van der Waals surface area contributed by atoms with Crippen LogP contribution in [0, 0.1) is 15.9 Å². The van der Waals surface area contributed by atoms with E-state index in [1.165, 1.54) is 12.1 Å². The van der Waals surface area contributed by atoms with Crippen LogP contribution in [0.2, 0.25) is 0 Å². The van der Waals surface area contributed by atoms with Crippen LogP contribution >= 0.6 is 0 Å². The molecule has 0 bridgehead atoms. The number of allylic oxidation sites excluding steroid dienone is 3. The van der Waals surface area contributed by atoms with E-state index >= 15 is 0 Å². The number of nitro groups is 1. The van der Waals surface area contributed by atoms with E-state index in [4.69, 9.17) is 0 Å². The minimum absolute atomic E-state index is 0.201. The van der Waals surface area contributed by atoms with Crippen molar-refractivity contribution < 1.29 is 9.31 Å². The molecule has 1 aromatic rings. The maximum atomic E-state index is 13.9. The van der Waals surface area contributed by atoms with E-state index in [0.29, 0.717) is 5.57 Å². The van der Waals surface area contributed by atoms with Crippen LogP contribution < -0.4 is 5.32 Å². The number of nitrogens with zero attached hydrogens (tertiary/aromatic N) is 1. The molecule has 0 aliphatic rings. The summed E-state index contributed by atoms with van der Waals surface area (Å²) in [4.78, 5) is 9.89. The molecule has 0 heterocycles. The molecule has 1 aromatic carbocycles. The summed E-state index contributed by atoms with van der Waals surface area (Å²) >= 11 is 0. The molecule has 0 saturated carbocycles. The highest BCUT2D eigenvalue weighted by Gasteiger charge is 2.18. The normalized spacial score (nSPS) is 11.8. The number of rotatable bonds is 4. The first-order chi connectivity index (χ1) is 8.11. The molecule has 0 unspecified atom stereocenters. The van der Waals surface area contributed by atoms with Gasteiger partial charge in [0.2, 0.25) is 5.82 Å². The highest BCUT2D eigenvalue weighted by atomic mass is 19.1. The molecule has 17 heavy (non-hydrogen) atoms. The fourth-order valence-corrected chi connectivity index (χ4v) is 1.43. The Morgan fingerprint density at radius 1 is 1.53 bits per heavy atom. The molecule has 0 aliphatic carbocycles. The number of hydrogen-bond acceptors (Lipinski definition) is 3. The molecule has 5 heteroatoms. The monoisotopic (exact) mass is 236 g/mol. The number of nitro benzene ring substituents is 1. The smallest absolute Gasteiger partial charge is 0.305 e. The van der Waals surface area contributed by atoms with Gasteiger partial charge < -0.3 is 5.32 Å². The Bertz CT molecular complexity index is 481. The van der Waals surface area contributed by atoms with Gasteiger partial charge in [0, 0.05) is 30.5 Å². The van der Waals surface area contributed by atoms with Crippen LogP contribution in [0.5, 0.6) is 0 Å². The van der Waals surface area contributed by atoms with Gasteiger partial charge >= 0.3 is 5.69 Å². The molecule has 0 radical (unpaired) electrons. The molecule has 0 spiro atoms. The maximum Gasteiger partial charge on any atom is 0.305 e. The summed E-state index contributed by atoms with van der Waals surface area (Å²) in [7, 11) is 1.68. The largest absolute Gasteiger partial charge is 0.393 e. The number of nitrogens with one attached hydrogen (secondary N) is 1. The predicted molar refractivity (Wildman–Crippen MR) is 64.9 cm³/mol. The lowest BCUT2D eigenvalue weighted by Crippen LogP contribution is -1.99. The molecule has 0 aliphatic heterocycles. The first-order valence-corrected chi connectivity index (χ1v) is 5.05. The average molecular weight is 236 g/mol. The van der Waals surface area contributed by atoms with Crippen LogP contribution in [0.3, 0.4) is 0 Å². The second-order valence-electron chi connectivity index (χ2n) is 3.28. The van der Waals surface area contributed by atoms with E-state index in [9.17, 15) is 14.5 Å². The van der Waals surface area contributed by atoms with Gasteiger partial charge in [0.15, 0.2) is 0 Å². The summed E-state index contributed by atoms with van der Waals surface area (Å²) in [6.07, 6.45) is 5.00. The number of benzene rings is 1. The molecule has 1 rings (SSSR count). The lowest BCUT2D eigenvalue weighted by molar-refractivity contribution is -0.387. The summed E-state index contributed by atoms with van der Waals surface area (Å²) in [5.41, 5.74) is 0.233. The Morgan fingerprint density at radius 2 is 2.24 bits per heavy atom. The summed E-state index contributed by atoms with van der Waals surface area (Å²) in [5, 5.41) is 13.4. The highest BCUT2D eigenvalue weighted by Crippen LogP contribution is 2.26. The van der Waals surface area contributed by atoms with Crippen molar-refractivity contribution in [2.75, 3.05) is 7.05 Å². The molecule has 0 aromatic heterocycles. The Labute approximate surface area is 98.6 Å². The standard InChI is InChI=1S/C12H13FN2O2/c1-3-5-9(8-14-2)10-6-4-7-11(12(10)13)15(16)17/h3-8,14H,1-2H3/b5-3-,9-8+. The molecule has 0 atom stereocenters. The molecule has 90 valence electrons. The maximum absolute atomic E-state index is 13.9. The van der Waals surface area contributed by atoms with E-state index < -0.39 is 16.4 Å². The van der Waals surface area contributed by atoms with Gasteiger partial charge in [0.05, 0.1) is 4.92 Å². The zero-order valence-corrected chi connectivity index (χ0v) is 9.61. The molecule has 0 amide bonds. The van der Waals surface area contributed by atoms with Crippen LogP contribution in [0.15, 0.2) is 36.6 Å². The van der Waals surface area contributed by atoms with Crippen molar-refractivity contribution in [2.24, 2.45) is 0 Å². The quantitative estimate of drug-likeness (QED) is 0.497. The Balaban J connectivity index is 3.35. The third-order valence-corrected chi connectivity index (χ3v) is 2.13. The molecular formula is C12H13FN2O2. The highest BCUT2D eigenvalue weighted by molar-refractivity contribution is 5.75. The Morgan fingerprint density at radius 3 is 2.76 bits per heavy atom. The van der Waals surface area contributed by atoms with Crippen molar-refractivity contribution in [3.8, 4) is 0 Å². The zero-order chi connectivity index (χ0) is 12.8. The second kappa shape index (κ2) is 5.79. The first kappa shape index (κ1) is 12.9. The van der Waals surface area contributed by atoms with Gasteiger partial charge in [-0.1, -0.05) is 24.3 Å². The predicted octanol–water partition coefficient (Wildman–Crippen LogP) is 2.87. The third-order valence-electron chi connectivity index (χ3n) is 2.13. The van der Waals surface area contributed by atoms with Crippen molar-refractivity contribution in [3.63, 3.8) is 0 Å². The van der Waals surface area contributed by atoms with Gasteiger partial charge in [0.1, 0.15) is 0 Å². The number of hydrogen-bond donors (Lipinski definition) is 1. The third kappa shape index (κ3) is 2.90. The van der Waals surface area contributed by atoms with Gasteiger partial charge in [-0.05, 0) is 6.92 Å². The lowest BCUT2D eigenvalue weighted by Gasteiger charge is -2.04. The van der Waals surface area contributed by atoms with Crippen LogP contribution in [-0.4, -0.2) is 12.0 Å². The van der Waals surface area contributed by atoms with E-state index in [1.54, 1.807) is 32.3 Å². The van der Waals surface area contributed by atoms with Crippen molar-refractivity contribution in [2.45, 2.75) is 6.92 Å². The fourth-order valence-electron chi connectivity index (χ4n) is 1.43. The average Bonchev–Trinajstić information content (AvgIpc) is 2.29. The van der Waals surface area contributed by atoms with Crippen LogP contribution in [0.4, 0.5) is 10.1 Å². The van der Waals surface area contributed by atoms with E-state index in [2.05, 4.69) is 5.32 Å². The Kier molecular flexibility index (Phi) is 4.39. The molecule has 0 fully saturated rings. The zero-order valence-electron chi connectivity index (χ0n) is 9.61. The van der Waals surface area contributed by atoms with E-state index in [-0.39, 0.29) is 5.56 Å². The van der Waals surface area contributed by atoms with Gasteiger partial charge in [0.25, 0.3) is 0 Å². The van der Waals surface area contributed by atoms with Crippen molar-refractivity contribution in [1.29, 1.82) is 0 Å². The topological polar surface area (TPSA) is 55.2 Å². The molecular weight excluding hydrogens is 223 g/mol. The minimum Gasteiger partial charge on any atom is -0.393 e. The van der Waals surface area contributed by atoms with Crippen molar-refractivity contribution in [1.82, 2.24) is 5.32 Å². The SMILES string of the molecule is C/C=C\C(=C/NC)c1cccc([N+](=O)[O-])c1F. The Hall–Kier alpha value is -2.17. The second-order valence-corrected chi connectivity index (χ2v) is 3.28. The summed E-state index contributed by atoms with van der Waals surface area (Å²) < 4.78 is 13.9. The van der Waals surface area contributed by atoms with Gasteiger partial charge in [-0.3, -0.25) is 10.1 Å². The van der Waals surface area contributed by atoms with E-state index in [0.717, 1.165) is 6.07 Å². The van der Waals surface area contributed by atoms with Crippen molar-refractivity contribution in [3.05, 3.63) is 58.0 Å². The van der Waals surface area contributed by atoms with Crippen LogP contribution in [0.25, 0.3) is 5.57 Å². The minimum atomic E-state index is -0.822. The molecule has 1 N–H and O–H groups in total. The van der Waals surface area contributed by atoms with Crippen molar-refractivity contribution >= 4 is 11.3 Å². The summed E-state index contributed by atoms with van der Waals surface area (Å²) in [5.74, 6) is -0.822. The van der Waals surface area contributed by atoms with Crippen LogP contribution in [-0.2, 0) is 0 Å². The van der Waals surface area contributed by atoms with Crippen LogP contribution in [0.1, 0.15) is 12.5 Å². The molecule has 4 nitrogen and oxygen atoms in total. The lowest BCUT2D eigenvalue weighted by atomic mass is 10.0. The summed E-state index contributed by atoms with van der Waals surface area (Å²) in [6.45, 7) is 1.79. The molecule has 0 saturated heterocycles.